The third kappa shape index (κ3) is 2.44. The molecule has 0 saturated carbocycles. The second kappa shape index (κ2) is 5.83. The van der Waals surface area contributed by atoms with Crippen LogP contribution >= 0.6 is 0 Å². The summed E-state index contributed by atoms with van der Waals surface area (Å²) in [5.41, 5.74) is 0.569. The Morgan fingerprint density at radius 2 is 2.00 bits per heavy atom. The van der Waals surface area contributed by atoms with E-state index in [9.17, 15) is 14.4 Å². The van der Waals surface area contributed by atoms with Crippen molar-refractivity contribution in [3.8, 4) is 6.07 Å². The van der Waals surface area contributed by atoms with Gasteiger partial charge in [-0.25, -0.2) is 14.2 Å². The molecular weight excluding hydrogens is 321 g/mol. The molecule has 1 saturated heterocycles. The number of pyridine rings is 2. The minimum atomic E-state index is -0.688. The Morgan fingerprint density at radius 1 is 1.16 bits per heavy atom. The number of carbonyl (C=O) groups is 1. The second-order valence-corrected chi connectivity index (χ2v) is 5.62. The van der Waals surface area contributed by atoms with E-state index in [1.54, 1.807) is 12.4 Å². The van der Waals surface area contributed by atoms with Crippen LogP contribution in [0.3, 0.4) is 0 Å². The van der Waals surface area contributed by atoms with Crippen LogP contribution in [-0.2, 0) is 0 Å². The predicted octanol–water partition coefficient (Wildman–Crippen LogP) is 3.11. The van der Waals surface area contributed by atoms with Gasteiger partial charge in [-0.3, -0.25) is 14.8 Å². The first-order chi connectivity index (χ1) is 12.2. The fraction of sp³-hybridized carbons (Fsp3) is 0.111. The number of benzene rings is 1. The van der Waals surface area contributed by atoms with Gasteiger partial charge in [-0.1, -0.05) is 24.3 Å². The lowest BCUT2D eigenvalue weighted by molar-refractivity contribution is 0.255. The van der Waals surface area contributed by atoms with Gasteiger partial charge < -0.3 is 0 Å². The van der Waals surface area contributed by atoms with Crippen molar-refractivity contribution in [3.63, 3.8) is 0 Å². The van der Waals surface area contributed by atoms with E-state index in [2.05, 4.69) is 16.0 Å². The third-order valence-corrected chi connectivity index (χ3v) is 4.15. The molecule has 0 aliphatic carbocycles. The maximum atomic E-state index is 13.1. The van der Waals surface area contributed by atoms with E-state index in [-0.39, 0.29) is 12.6 Å². The smallest absolute Gasteiger partial charge is 0.275 e. The van der Waals surface area contributed by atoms with Crippen LogP contribution in [0.15, 0.2) is 55.0 Å². The van der Waals surface area contributed by atoms with Crippen LogP contribution in [0.4, 0.5) is 20.7 Å². The van der Waals surface area contributed by atoms with Gasteiger partial charge >= 0.3 is 6.03 Å². The average Bonchev–Trinajstić information content (AvgIpc) is 2.98. The lowest BCUT2D eigenvalue weighted by Gasteiger charge is -2.20. The minimum absolute atomic E-state index is 0.150. The predicted molar refractivity (Wildman–Crippen MR) is 90.6 cm³/mol. The van der Waals surface area contributed by atoms with Crippen molar-refractivity contribution in [2.75, 3.05) is 16.3 Å². The maximum absolute atomic E-state index is 13.1. The fourth-order valence-corrected chi connectivity index (χ4v) is 2.98. The highest BCUT2D eigenvalue weighted by Gasteiger charge is 2.40. The number of fused-ring (bicyclic) bond motifs is 1. The zero-order chi connectivity index (χ0) is 17.4. The molecule has 1 aliphatic heterocycles. The zero-order valence-electron chi connectivity index (χ0n) is 13.0. The molecule has 1 unspecified atom stereocenters. The monoisotopic (exact) mass is 333 g/mol. The van der Waals surface area contributed by atoms with Crippen molar-refractivity contribution in [3.05, 3.63) is 60.8 Å². The molecule has 4 rings (SSSR count). The number of nitriles is 1. The van der Waals surface area contributed by atoms with Gasteiger partial charge in [-0.15, -0.1) is 0 Å². The van der Waals surface area contributed by atoms with E-state index in [0.29, 0.717) is 11.5 Å². The first kappa shape index (κ1) is 15.0. The van der Waals surface area contributed by atoms with Gasteiger partial charge in [0.2, 0.25) is 0 Å². The van der Waals surface area contributed by atoms with Crippen LogP contribution < -0.4 is 9.80 Å². The molecule has 2 amide bonds. The molecule has 0 bridgehead atoms. The lowest BCUT2D eigenvalue weighted by atomic mass is 10.1. The number of urea groups is 1. The molecule has 3 heterocycles. The summed E-state index contributed by atoms with van der Waals surface area (Å²) in [6.45, 7) is 0.150. The lowest BCUT2D eigenvalue weighted by Crippen LogP contribution is -2.34. The van der Waals surface area contributed by atoms with Crippen LogP contribution in [0.25, 0.3) is 10.8 Å². The van der Waals surface area contributed by atoms with E-state index in [1.165, 1.54) is 21.9 Å². The van der Waals surface area contributed by atoms with Crippen molar-refractivity contribution in [1.82, 2.24) is 9.97 Å². The number of nitrogens with zero attached hydrogens (tertiary/aromatic N) is 5. The van der Waals surface area contributed by atoms with E-state index < -0.39 is 11.9 Å². The van der Waals surface area contributed by atoms with E-state index in [0.717, 1.165) is 17.0 Å². The summed E-state index contributed by atoms with van der Waals surface area (Å²) in [5, 5.41) is 11.2. The molecule has 122 valence electrons. The molecule has 1 atom stereocenters. The molecule has 7 heteroatoms. The number of anilines is 2. The number of hydrogen-bond acceptors (Lipinski definition) is 4. The number of halogens is 1. The topological polar surface area (TPSA) is 73.1 Å². The van der Waals surface area contributed by atoms with Gasteiger partial charge in [-0.05, 0) is 12.1 Å². The second-order valence-electron chi connectivity index (χ2n) is 5.62. The molecular formula is C18H12FN5O. The Hall–Kier alpha value is -3.53. The minimum Gasteiger partial charge on any atom is -0.275 e. The maximum Gasteiger partial charge on any atom is 0.331 e. The van der Waals surface area contributed by atoms with Gasteiger partial charge in [0, 0.05) is 17.0 Å². The number of hydrogen-bond donors (Lipinski definition) is 0. The Bertz CT molecular complexity index is 993. The number of aromatic nitrogens is 2. The van der Waals surface area contributed by atoms with Gasteiger partial charge in [0.25, 0.3) is 0 Å². The molecule has 25 heavy (non-hydrogen) atoms. The molecule has 2 aromatic heterocycles. The molecule has 6 nitrogen and oxygen atoms in total. The fourth-order valence-electron chi connectivity index (χ4n) is 2.98. The number of carbonyl (C=O) groups excluding carboxylic acids is 1. The average molecular weight is 333 g/mol. The Balaban J connectivity index is 1.80. The van der Waals surface area contributed by atoms with Crippen molar-refractivity contribution >= 4 is 28.3 Å². The largest absolute Gasteiger partial charge is 0.331 e. The van der Waals surface area contributed by atoms with Gasteiger partial charge in [0.1, 0.15) is 17.7 Å². The first-order valence-corrected chi connectivity index (χ1v) is 7.63. The van der Waals surface area contributed by atoms with Crippen molar-refractivity contribution in [2.45, 2.75) is 6.04 Å². The summed E-state index contributed by atoms with van der Waals surface area (Å²) >= 11 is 0. The van der Waals surface area contributed by atoms with Crippen LogP contribution in [0.1, 0.15) is 0 Å². The summed E-state index contributed by atoms with van der Waals surface area (Å²) in [5.74, 6) is -0.176. The summed E-state index contributed by atoms with van der Waals surface area (Å²) in [4.78, 5) is 23.9. The molecule has 0 N–H and O–H groups in total. The molecule has 1 aromatic carbocycles. The van der Waals surface area contributed by atoms with Crippen molar-refractivity contribution in [1.29, 1.82) is 5.26 Å². The molecule has 0 spiro atoms. The SMILES string of the molecule is N#CC1CN(c2ccc(F)cn2)C(=O)N1c1cncc2ccccc12. The zero-order valence-corrected chi connectivity index (χ0v) is 13.0. The molecule has 1 fully saturated rings. The van der Waals surface area contributed by atoms with E-state index >= 15 is 0 Å². The Morgan fingerprint density at radius 3 is 2.76 bits per heavy atom. The van der Waals surface area contributed by atoms with Gasteiger partial charge in [0.15, 0.2) is 0 Å². The van der Waals surface area contributed by atoms with E-state index in [4.69, 9.17) is 0 Å². The summed E-state index contributed by atoms with van der Waals surface area (Å²) < 4.78 is 13.1. The molecule has 0 radical (unpaired) electrons. The normalized spacial score (nSPS) is 17.1. The van der Waals surface area contributed by atoms with Gasteiger partial charge in [-0.2, -0.15) is 5.26 Å². The van der Waals surface area contributed by atoms with Crippen LogP contribution in [0.5, 0.6) is 0 Å². The number of rotatable bonds is 2. The summed E-state index contributed by atoms with van der Waals surface area (Å²) in [6.07, 6.45) is 4.33. The standard InChI is InChI=1S/C18H12FN5O/c19-13-5-6-17(22-9-13)23-11-14(7-20)24(18(23)25)16-10-21-8-12-3-1-2-4-15(12)16/h1-6,8-10,14H,11H2. The molecule has 1 aliphatic rings. The van der Waals surface area contributed by atoms with Crippen LogP contribution in [-0.4, -0.2) is 28.6 Å². The summed E-state index contributed by atoms with van der Waals surface area (Å²) in [7, 11) is 0. The van der Waals surface area contributed by atoms with Crippen molar-refractivity contribution < 1.29 is 9.18 Å². The first-order valence-electron chi connectivity index (χ1n) is 7.63. The highest BCUT2D eigenvalue weighted by molar-refractivity contribution is 6.11. The van der Waals surface area contributed by atoms with Crippen LogP contribution in [0.2, 0.25) is 0 Å². The summed E-state index contributed by atoms with van der Waals surface area (Å²) in [6, 6.07) is 11.3. The molecule has 3 aromatic rings. The third-order valence-electron chi connectivity index (χ3n) is 4.15. The van der Waals surface area contributed by atoms with E-state index in [1.807, 2.05) is 24.3 Å². The Labute approximate surface area is 142 Å². The van der Waals surface area contributed by atoms with Gasteiger partial charge in [0.05, 0.1) is 30.7 Å². The highest BCUT2D eigenvalue weighted by atomic mass is 19.1. The Kier molecular flexibility index (Phi) is 3.51. The van der Waals surface area contributed by atoms with Crippen LogP contribution in [0, 0.1) is 17.1 Å². The number of amides is 2. The van der Waals surface area contributed by atoms with Crippen molar-refractivity contribution in [2.24, 2.45) is 0 Å². The highest BCUT2D eigenvalue weighted by Crippen LogP contribution is 2.32. The quantitative estimate of drug-likeness (QED) is 0.722.